The maximum absolute atomic E-state index is 12.7. The molecule has 1 unspecified atom stereocenters. The molecule has 170 valence electrons. The Bertz CT molecular complexity index is 1350. The minimum atomic E-state index is -1.51. The SMILES string of the molecule is CC(Cc1ccc2ccccc2c1)(NC(=O)OCC1c2ccccc2-c2ccccc21)C(=O)O. The number of carbonyl (C=O) groups is 2. The number of alkyl carbamates (subject to hydrolysis) is 1. The molecule has 34 heavy (non-hydrogen) atoms. The van der Waals surface area contributed by atoms with Gasteiger partial charge in [-0.15, -0.1) is 0 Å². The molecular weight excluding hydrogens is 426 g/mol. The fourth-order valence-electron chi connectivity index (χ4n) is 4.79. The van der Waals surface area contributed by atoms with E-state index in [2.05, 4.69) is 17.4 Å². The molecule has 5 rings (SSSR count). The molecule has 0 radical (unpaired) electrons. The van der Waals surface area contributed by atoms with Crippen LogP contribution in [0.5, 0.6) is 0 Å². The van der Waals surface area contributed by atoms with Gasteiger partial charge in [-0.05, 0) is 45.5 Å². The van der Waals surface area contributed by atoms with E-state index in [0.717, 1.165) is 38.6 Å². The molecule has 5 nitrogen and oxygen atoms in total. The second kappa shape index (κ2) is 8.67. The third-order valence-corrected chi connectivity index (χ3v) is 6.57. The summed E-state index contributed by atoms with van der Waals surface area (Å²) in [5.74, 6) is -1.20. The van der Waals surface area contributed by atoms with Crippen molar-refractivity contribution >= 4 is 22.8 Å². The number of fused-ring (bicyclic) bond motifs is 4. The number of hydrogen-bond donors (Lipinski definition) is 2. The molecule has 0 spiro atoms. The maximum atomic E-state index is 12.7. The Morgan fingerprint density at radius 2 is 1.44 bits per heavy atom. The lowest BCUT2D eigenvalue weighted by Gasteiger charge is -2.26. The molecule has 0 aliphatic heterocycles. The van der Waals surface area contributed by atoms with E-state index in [1.165, 1.54) is 6.92 Å². The number of hydrogen-bond acceptors (Lipinski definition) is 3. The van der Waals surface area contributed by atoms with Crippen LogP contribution in [0.4, 0.5) is 4.79 Å². The van der Waals surface area contributed by atoms with Crippen LogP contribution >= 0.6 is 0 Å². The quantitative estimate of drug-likeness (QED) is 0.391. The predicted octanol–water partition coefficient (Wildman–Crippen LogP) is 5.76. The van der Waals surface area contributed by atoms with Gasteiger partial charge in [-0.3, -0.25) is 0 Å². The van der Waals surface area contributed by atoms with Gasteiger partial charge in [0.15, 0.2) is 0 Å². The van der Waals surface area contributed by atoms with Crippen LogP contribution in [0.3, 0.4) is 0 Å². The summed E-state index contributed by atoms with van der Waals surface area (Å²) in [6.07, 6.45) is -0.607. The Hall–Kier alpha value is -4.12. The molecule has 1 aliphatic rings. The minimum absolute atomic E-state index is 0.0882. The summed E-state index contributed by atoms with van der Waals surface area (Å²) in [6, 6.07) is 29.9. The lowest BCUT2D eigenvalue weighted by Crippen LogP contribution is -2.54. The van der Waals surface area contributed by atoms with Gasteiger partial charge in [0, 0.05) is 12.3 Å². The van der Waals surface area contributed by atoms with Crippen molar-refractivity contribution in [1.29, 1.82) is 0 Å². The second-order valence-electron chi connectivity index (χ2n) is 8.95. The highest BCUT2D eigenvalue weighted by molar-refractivity contribution is 5.86. The molecule has 0 fully saturated rings. The van der Waals surface area contributed by atoms with Crippen LogP contribution in [0.15, 0.2) is 91.0 Å². The second-order valence-corrected chi connectivity index (χ2v) is 8.95. The third kappa shape index (κ3) is 4.01. The fraction of sp³-hybridized carbons (Fsp3) is 0.172. The number of carboxylic acid groups (broad SMARTS) is 1. The zero-order chi connectivity index (χ0) is 23.7. The van der Waals surface area contributed by atoms with Crippen molar-refractivity contribution in [1.82, 2.24) is 5.32 Å². The summed E-state index contributed by atoms with van der Waals surface area (Å²) in [5.41, 5.74) is 3.80. The van der Waals surface area contributed by atoms with Gasteiger partial charge in [-0.25, -0.2) is 9.59 Å². The lowest BCUT2D eigenvalue weighted by molar-refractivity contribution is -0.143. The van der Waals surface area contributed by atoms with Crippen LogP contribution in [0.25, 0.3) is 21.9 Å². The van der Waals surface area contributed by atoms with Crippen LogP contribution in [-0.2, 0) is 16.0 Å². The largest absolute Gasteiger partial charge is 0.480 e. The Morgan fingerprint density at radius 1 is 0.853 bits per heavy atom. The molecule has 2 N–H and O–H groups in total. The van der Waals surface area contributed by atoms with E-state index >= 15 is 0 Å². The van der Waals surface area contributed by atoms with Gasteiger partial charge in [0.1, 0.15) is 12.1 Å². The highest BCUT2D eigenvalue weighted by Crippen LogP contribution is 2.44. The number of aliphatic carboxylic acids is 1. The zero-order valence-corrected chi connectivity index (χ0v) is 18.8. The van der Waals surface area contributed by atoms with E-state index < -0.39 is 17.6 Å². The number of amides is 1. The summed E-state index contributed by atoms with van der Waals surface area (Å²) >= 11 is 0. The molecule has 1 atom stereocenters. The van der Waals surface area contributed by atoms with Gasteiger partial charge >= 0.3 is 12.1 Å². The van der Waals surface area contributed by atoms with E-state index in [4.69, 9.17) is 4.74 Å². The number of rotatable bonds is 6. The normalized spacial score (nSPS) is 14.1. The van der Waals surface area contributed by atoms with E-state index in [-0.39, 0.29) is 18.9 Å². The number of carboxylic acids is 1. The first-order valence-electron chi connectivity index (χ1n) is 11.3. The van der Waals surface area contributed by atoms with Crippen molar-refractivity contribution in [2.75, 3.05) is 6.61 Å². The average molecular weight is 452 g/mol. The monoisotopic (exact) mass is 451 g/mol. The molecule has 0 saturated heterocycles. The molecule has 1 amide bonds. The molecular formula is C29H25NO4. The first-order valence-corrected chi connectivity index (χ1v) is 11.3. The standard InChI is InChI=1S/C29H25NO4/c1-29(27(31)32,17-19-14-15-20-8-2-3-9-21(20)16-19)30-28(33)34-18-26-24-12-6-4-10-22(24)23-11-5-7-13-25(23)26/h2-16,26H,17-18H2,1H3,(H,30,33)(H,31,32). The highest BCUT2D eigenvalue weighted by atomic mass is 16.5. The van der Waals surface area contributed by atoms with Gasteiger partial charge in [-0.1, -0.05) is 91.0 Å². The predicted molar refractivity (Wildman–Crippen MR) is 132 cm³/mol. The van der Waals surface area contributed by atoms with E-state index in [0.29, 0.717) is 0 Å². The summed E-state index contributed by atoms with van der Waals surface area (Å²) in [6.45, 7) is 1.64. The molecule has 0 aromatic heterocycles. The van der Waals surface area contributed by atoms with Crippen LogP contribution in [0.2, 0.25) is 0 Å². The molecule has 0 bridgehead atoms. The Morgan fingerprint density at radius 3 is 2.09 bits per heavy atom. The van der Waals surface area contributed by atoms with Crippen LogP contribution in [0.1, 0.15) is 29.5 Å². The van der Waals surface area contributed by atoms with E-state index in [1.807, 2.05) is 78.9 Å². The molecule has 0 heterocycles. The van der Waals surface area contributed by atoms with Gasteiger partial charge in [-0.2, -0.15) is 0 Å². The third-order valence-electron chi connectivity index (χ3n) is 6.57. The van der Waals surface area contributed by atoms with Crippen molar-refractivity contribution in [3.05, 3.63) is 108 Å². The molecule has 4 aromatic carbocycles. The van der Waals surface area contributed by atoms with Gasteiger partial charge in [0.05, 0.1) is 0 Å². The van der Waals surface area contributed by atoms with Crippen LogP contribution < -0.4 is 5.32 Å². The van der Waals surface area contributed by atoms with Gasteiger partial charge in [0.25, 0.3) is 0 Å². The van der Waals surface area contributed by atoms with Gasteiger partial charge < -0.3 is 15.2 Å². The summed E-state index contributed by atoms with van der Waals surface area (Å²) in [4.78, 5) is 24.9. The van der Waals surface area contributed by atoms with E-state index in [9.17, 15) is 14.7 Å². The molecule has 0 saturated carbocycles. The van der Waals surface area contributed by atoms with Crippen LogP contribution in [0, 0.1) is 0 Å². The zero-order valence-electron chi connectivity index (χ0n) is 18.8. The van der Waals surface area contributed by atoms with Crippen molar-refractivity contribution in [3.8, 4) is 11.1 Å². The molecule has 4 aromatic rings. The Balaban J connectivity index is 1.31. The summed E-state index contributed by atoms with van der Waals surface area (Å²) in [5, 5.41) is 14.6. The van der Waals surface area contributed by atoms with Crippen molar-refractivity contribution in [2.45, 2.75) is 24.8 Å². The van der Waals surface area contributed by atoms with Crippen molar-refractivity contribution in [3.63, 3.8) is 0 Å². The first-order chi connectivity index (χ1) is 16.4. The number of nitrogens with one attached hydrogen (secondary N) is 1. The first kappa shape index (κ1) is 21.7. The average Bonchev–Trinajstić information content (AvgIpc) is 3.16. The highest BCUT2D eigenvalue weighted by Gasteiger charge is 2.36. The Kier molecular flexibility index (Phi) is 5.54. The van der Waals surface area contributed by atoms with Crippen LogP contribution in [-0.4, -0.2) is 29.3 Å². The maximum Gasteiger partial charge on any atom is 0.408 e. The molecule has 5 heteroatoms. The lowest BCUT2D eigenvalue weighted by atomic mass is 9.92. The van der Waals surface area contributed by atoms with Crippen molar-refractivity contribution < 1.29 is 19.4 Å². The topological polar surface area (TPSA) is 75.6 Å². The summed E-state index contributed by atoms with van der Waals surface area (Å²) in [7, 11) is 0. The minimum Gasteiger partial charge on any atom is -0.480 e. The summed E-state index contributed by atoms with van der Waals surface area (Å²) < 4.78 is 5.58. The number of benzene rings is 4. The number of carbonyl (C=O) groups excluding carboxylic acids is 1. The van der Waals surface area contributed by atoms with Crippen molar-refractivity contribution in [2.24, 2.45) is 0 Å². The van der Waals surface area contributed by atoms with Gasteiger partial charge in [0.2, 0.25) is 0 Å². The fourth-order valence-corrected chi connectivity index (χ4v) is 4.79. The molecule has 1 aliphatic carbocycles. The number of ether oxygens (including phenoxy) is 1. The van der Waals surface area contributed by atoms with E-state index in [1.54, 1.807) is 0 Å². The Labute approximate surface area is 198 Å². The smallest absolute Gasteiger partial charge is 0.408 e.